The highest BCUT2D eigenvalue weighted by molar-refractivity contribution is 5.79. The molecular formula is C16H17N5. The Labute approximate surface area is 123 Å². The molecule has 0 saturated heterocycles. The normalized spacial score (nSPS) is 10.6. The van der Waals surface area contributed by atoms with Crippen LogP contribution in [0.1, 0.15) is 17.0 Å². The molecule has 2 heterocycles. The minimum absolute atomic E-state index is 0.673. The molecule has 3 rings (SSSR count). The lowest BCUT2D eigenvalue weighted by atomic mass is 10.0. The van der Waals surface area contributed by atoms with Gasteiger partial charge in [-0.3, -0.25) is 0 Å². The van der Waals surface area contributed by atoms with Crippen LogP contribution in [0.4, 0.5) is 5.69 Å². The lowest BCUT2D eigenvalue weighted by Gasteiger charge is -2.13. The molecule has 2 N–H and O–H groups in total. The summed E-state index contributed by atoms with van der Waals surface area (Å²) in [6.07, 6.45) is 7.00. The van der Waals surface area contributed by atoms with Gasteiger partial charge in [0.15, 0.2) is 0 Å². The molecule has 0 atom stereocenters. The van der Waals surface area contributed by atoms with Gasteiger partial charge in [0.25, 0.3) is 0 Å². The molecule has 5 nitrogen and oxygen atoms in total. The van der Waals surface area contributed by atoms with E-state index in [4.69, 9.17) is 0 Å². The molecule has 0 aliphatic rings. The van der Waals surface area contributed by atoms with Gasteiger partial charge in [-0.15, -0.1) is 0 Å². The maximum atomic E-state index is 4.27. The van der Waals surface area contributed by atoms with Crippen LogP contribution in [-0.2, 0) is 6.54 Å². The molecule has 0 bridgehead atoms. The number of H-pyrrole nitrogens is 1. The minimum atomic E-state index is 0.673. The first-order valence-corrected chi connectivity index (χ1v) is 6.83. The molecule has 1 aromatic carbocycles. The van der Waals surface area contributed by atoms with Crippen molar-refractivity contribution in [2.24, 2.45) is 0 Å². The van der Waals surface area contributed by atoms with Crippen LogP contribution in [0.25, 0.3) is 11.1 Å². The summed E-state index contributed by atoms with van der Waals surface area (Å²) in [4.78, 5) is 15.6. The first-order chi connectivity index (χ1) is 10.2. The van der Waals surface area contributed by atoms with Crippen LogP contribution in [0.15, 0.2) is 43.2 Å². The van der Waals surface area contributed by atoms with Crippen LogP contribution < -0.4 is 5.32 Å². The number of nitrogens with one attached hydrogen (secondary N) is 2. The predicted octanol–water partition coefficient (Wildman–Crippen LogP) is 3.10. The van der Waals surface area contributed by atoms with E-state index in [0.29, 0.717) is 6.54 Å². The van der Waals surface area contributed by atoms with Crippen molar-refractivity contribution in [3.05, 3.63) is 60.2 Å². The first-order valence-electron chi connectivity index (χ1n) is 6.83. The summed E-state index contributed by atoms with van der Waals surface area (Å²) < 4.78 is 0. The minimum Gasteiger partial charge on any atom is -0.379 e. The third-order valence-corrected chi connectivity index (χ3v) is 3.39. The number of aromatic amines is 1. The van der Waals surface area contributed by atoms with Crippen LogP contribution in [0.2, 0.25) is 0 Å². The number of aromatic nitrogens is 4. The number of aryl methyl sites for hydroxylation is 2. The molecule has 5 heteroatoms. The SMILES string of the molecule is Cc1ccc(-c2cncnc2C)c(NCc2c[nH]cn2)c1. The van der Waals surface area contributed by atoms with Gasteiger partial charge >= 0.3 is 0 Å². The van der Waals surface area contributed by atoms with Gasteiger partial charge in [-0.25, -0.2) is 15.0 Å². The largest absolute Gasteiger partial charge is 0.379 e. The van der Waals surface area contributed by atoms with Gasteiger partial charge in [0.2, 0.25) is 0 Å². The van der Waals surface area contributed by atoms with Crippen LogP contribution >= 0.6 is 0 Å². The van der Waals surface area contributed by atoms with Crippen molar-refractivity contribution in [1.29, 1.82) is 0 Å². The molecule has 0 aliphatic heterocycles. The summed E-state index contributed by atoms with van der Waals surface area (Å²) in [6, 6.07) is 6.34. The average molecular weight is 279 g/mol. The van der Waals surface area contributed by atoms with E-state index in [2.05, 4.69) is 50.4 Å². The zero-order chi connectivity index (χ0) is 14.7. The molecule has 0 amide bonds. The van der Waals surface area contributed by atoms with Gasteiger partial charge < -0.3 is 10.3 Å². The van der Waals surface area contributed by atoms with E-state index in [1.54, 1.807) is 12.7 Å². The van der Waals surface area contributed by atoms with E-state index in [-0.39, 0.29) is 0 Å². The Balaban J connectivity index is 1.95. The molecular weight excluding hydrogens is 262 g/mol. The van der Waals surface area contributed by atoms with E-state index >= 15 is 0 Å². The number of imidazole rings is 1. The molecule has 106 valence electrons. The molecule has 0 unspecified atom stereocenters. The van der Waals surface area contributed by atoms with Gasteiger partial charge in [0.05, 0.1) is 18.6 Å². The van der Waals surface area contributed by atoms with Crippen molar-refractivity contribution in [1.82, 2.24) is 19.9 Å². The second kappa shape index (κ2) is 5.75. The molecule has 0 radical (unpaired) electrons. The van der Waals surface area contributed by atoms with Crippen LogP contribution in [-0.4, -0.2) is 19.9 Å². The summed E-state index contributed by atoms with van der Waals surface area (Å²) in [5.41, 5.74) is 6.37. The molecule has 0 aliphatic carbocycles. The van der Waals surface area contributed by atoms with Gasteiger partial charge in [-0.1, -0.05) is 12.1 Å². The Hall–Kier alpha value is -2.69. The lowest BCUT2D eigenvalue weighted by molar-refractivity contribution is 1.07. The highest BCUT2D eigenvalue weighted by atomic mass is 14.9. The maximum Gasteiger partial charge on any atom is 0.115 e. The number of benzene rings is 1. The molecule has 0 fully saturated rings. The zero-order valence-corrected chi connectivity index (χ0v) is 12.1. The average Bonchev–Trinajstić information content (AvgIpc) is 3.00. The van der Waals surface area contributed by atoms with Crippen LogP contribution in [0.3, 0.4) is 0 Å². The Morgan fingerprint density at radius 3 is 2.81 bits per heavy atom. The predicted molar refractivity (Wildman–Crippen MR) is 82.9 cm³/mol. The number of rotatable bonds is 4. The maximum absolute atomic E-state index is 4.27. The molecule has 21 heavy (non-hydrogen) atoms. The van der Waals surface area contributed by atoms with Crippen molar-refractivity contribution in [3.63, 3.8) is 0 Å². The van der Waals surface area contributed by atoms with Crippen LogP contribution in [0, 0.1) is 13.8 Å². The summed E-state index contributed by atoms with van der Waals surface area (Å²) in [5, 5.41) is 3.44. The summed E-state index contributed by atoms with van der Waals surface area (Å²) in [6.45, 7) is 4.75. The zero-order valence-electron chi connectivity index (χ0n) is 12.1. The van der Waals surface area contributed by atoms with Gasteiger partial charge in [-0.05, 0) is 25.5 Å². The second-order valence-electron chi connectivity index (χ2n) is 4.98. The summed E-state index contributed by atoms with van der Waals surface area (Å²) in [7, 11) is 0. The number of hydrogen-bond donors (Lipinski definition) is 2. The first kappa shape index (κ1) is 13.3. The summed E-state index contributed by atoms with van der Waals surface area (Å²) >= 11 is 0. The quantitative estimate of drug-likeness (QED) is 0.770. The van der Waals surface area contributed by atoms with Gasteiger partial charge in [-0.2, -0.15) is 0 Å². The van der Waals surface area contributed by atoms with Gasteiger partial charge in [0, 0.05) is 34.9 Å². The van der Waals surface area contributed by atoms with E-state index in [9.17, 15) is 0 Å². The Bertz CT molecular complexity index is 734. The number of anilines is 1. The van der Waals surface area contributed by atoms with E-state index in [0.717, 1.165) is 28.2 Å². The van der Waals surface area contributed by atoms with Crippen molar-refractivity contribution in [3.8, 4) is 11.1 Å². The fraction of sp³-hybridized carbons (Fsp3) is 0.188. The van der Waals surface area contributed by atoms with Crippen molar-refractivity contribution >= 4 is 5.69 Å². The fourth-order valence-corrected chi connectivity index (χ4v) is 2.27. The highest BCUT2D eigenvalue weighted by Crippen LogP contribution is 2.30. The molecule has 3 aromatic rings. The number of nitrogens with zero attached hydrogens (tertiary/aromatic N) is 3. The van der Waals surface area contributed by atoms with Crippen molar-refractivity contribution in [2.75, 3.05) is 5.32 Å². The third kappa shape index (κ3) is 2.91. The Morgan fingerprint density at radius 1 is 1.14 bits per heavy atom. The fourth-order valence-electron chi connectivity index (χ4n) is 2.27. The standard InChI is InChI=1S/C16H17N5/c1-11-3-4-14(15-8-18-9-20-12(15)2)16(5-11)19-7-13-6-17-10-21-13/h3-6,8-10,19H,7H2,1-2H3,(H,17,21). The van der Waals surface area contributed by atoms with E-state index in [1.807, 2.05) is 19.3 Å². The van der Waals surface area contributed by atoms with Crippen LogP contribution in [0.5, 0.6) is 0 Å². The monoisotopic (exact) mass is 279 g/mol. The summed E-state index contributed by atoms with van der Waals surface area (Å²) in [5.74, 6) is 0. The molecule has 0 saturated carbocycles. The van der Waals surface area contributed by atoms with Crippen molar-refractivity contribution in [2.45, 2.75) is 20.4 Å². The van der Waals surface area contributed by atoms with Crippen molar-refractivity contribution < 1.29 is 0 Å². The molecule has 0 spiro atoms. The number of hydrogen-bond acceptors (Lipinski definition) is 4. The highest BCUT2D eigenvalue weighted by Gasteiger charge is 2.09. The second-order valence-corrected chi connectivity index (χ2v) is 4.98. The third-order valence-electron chi connectivity index (χ3n) is 3.39. The molecule has 2 aromatic heterocycles. The van der Waals surface area contributed by atoms with E-state index < -0.39 is 0 Å². The lowest BCUT2D eigenvalue weighted by Crippen LogP contribution is -2.02. The van der Waals surface area contributed by atoms with Gasteiger partial charge in [0.1, 0.15) is 6.33 Å². The smallest absolute Gasteiger partial charge is 0.115 e. The van der Waals surface area contributed by atoms with E-state index in [1.165, 1.54) is 5.56 Å². The topological polar surface area (TPSA) is 66.5 Å². The Morgan fingerprint density at radius 2 is 2.05 bits per heavy atom. The Kier molecular flexibility index (Phi) is 3.64.